The van der Waals surface area contributed by atoms with Crippen molar-refractivity contribution in [1.29, 1.82) is 0 Å². The Labute approximate surface area is 106 Å². The van der Waals surface area contributed by atoms with Crippen LogP contribution < -0.4 is 0 Å². The van der Waals surface area contributed by atoms with Gasteiger partial charge >= 0.3 is 0 Å². The van der Waals surface area contributed by atoms with E-state index in [9.17, 15) is 9.50 Å². The standard InChI is InChI=1S/C13H19FO2S/c1-8(6-15)7-17-13-4-9(2)12(14)5-11(13)10(3)16/h4-5,8,10,15-16H,6-7H2,1-3H3/t8?,10-/m0/s1. The number of aliphatic hydroxyl groups is 2. The second-order valence-corrected chi connectivity index (χ2v) is 5.48. The molecular formula is C13H19FO2S. The second kappa shape index (κ2) is 6.38. The lowest BCUT2D eigenvalue weighted by Crippen LogP contribution is -2.05. The van der Waals surface area contributed by atoms with Crippen molar-refractivity contribution in [3.05, 3.63) is 29.1 Å². The molecule has 17 heavy (non-hydrogen) atoms. The maximum absolute atomic E-state index is 13.4. The van der Waals surface area contributed by atoms with Crippen LogP contribution in [0.4, 0.5) is 4.39 Å². The van der Waals surface area contributed by atoms with Gasteiger partial charge in [-0.15, -0.1) is 11.8 Å². The third kappa shape index (κ3) is 3.98. The number of hydrogen-bond donors (Lipinski definition) is 2. The Hall–Kier alpha value is -0.580. The zero-order valence-electron chi connectivity index (χ0n) is 10.4. The topological polar surface area (TPSA) is 40.5 Å². The summed E-state index contributed by atoms with van der Waals surface area (Å²) in [6.45, 7) is 5.42. The molecule has 0 aliphatic carbocycles. The molecule has 1 aromatic rings. The third-order valence-corrected chi connectivity index (χ3v) is 3.98. The molecule has 0 heterocycles. The molecule has 4 heteroatoms. The minimum atomic E-state index is -0.683. The SMILES string of the molecule is Cc1cc(SCC(C)CO)c([C@H](C)O)cc1F. The fraction of sp³-hybridized carbons (Fsp3) is 0.538. The molecule has 0 aliphatic heterocycles. The van der Waals surface area contributed by atoms with E-state index in [1.54, 1.807) is 31.7 Å². The summed E-state index contributed by atoms with van der Waals surface area (Å²) in [7, 11) is 0. The molecule has 2 nitrogen and oxygen atoms in total. The number of halogens is 1. The summed E-state index contributed by atoms with van der Waals surface area (Å²) in [5.41, 5.74) is 1.19. The van der Waals surface area contributed by atoms with Gasteiger partial charge in [0.2, 0.25) is 0 Å². The summed E-state index contributed by atoms with van der Waals surface area (Å²) in [5.74, 6) is 0.647. The Kier molecular flexibility index (Phi) is 5.43. The van der Waals surface area contributed by atoms with Crippen molar-refractivity contribution in [2.75, 3.05) is 12.4 Å². The molecule has 0 saturated carbocycles. The number of aryl methyl sites for hydroxylation is 1. The quantitative estimate of drug-likeness (QED) is 0.798. The Balaban J connectivity index is 2.92. The van der Waals surface area contributed by atoms with Crippen molar-refractivity contribution in [2.24, 2.45) is 5.92 Å². The predicted molar refractivity (Wildman–Crippen MR) is 68.7 cm³/mol. The molecule has 0 spiro atoms. The minimum absolute atomic E-state index is 0.136. The van der Waals surface area contributed by atoms with Gasteiger partial charge in [0.25, 0.3) is 0 Å². The van der Waals surface area contributed by atoms with Crippen LogP contribution in [0.2, 0.25) is 0 Å². The molecule has 0 aromatic heterocycles. The summed E-state index contributed by atoms with van der Waals surface area (Å²) in [4.78, 5) is 0.888. The van der Waals surface area contributed by atoms with Gasteiger partial charge in [-0.05, 0) is 43.0 Å². The van der Waals surface area contributed by atoms with Crippen molar-refractivity contribution in [3.8, 4) is 0 Å². The monoisotopic (exact) mass is 258 g/mol. The van der Waals surface area contributed by atoms with Gasteiger partial charge in [0.15, 0.2) is 0 Å². The van der Waals surface area contributed by atoms with Gasteiger partial charge in [0, 0.05) is 17.3 Å². The normalized spacial score (nSPS) is 14.7. The minimum Gasteiger partial charge on any atom is -0.396 e. The summed E-state index contributed by atoms with van der Waals surface area (Å²) < 4.78 is 13.4. The smallest absolute Gasteiger partial charge is 0.126 e. The van der Waals surface area contributed by atoms with Crippen LogP contribution in [0, 0.1) is 18.7 Å². The van der Waals surface area contributed by atoms with E-state index in [0.29, 0.717) is 11.1 Å². The number of hydrogen-bond acceptors (Lipinski definition) is 3. The van der Waals surface area contributed by atoms with Gasteiger partial charge in [-0.25, -0.2) is 4.39 Å². The van der Waals surface area contributed by atoms with Crippen LogP contribution in [0.25, 0.3) is 0 Å². The molecule has 0 saturated heterocycles. The summed E-state index contributed by atoms with van der Waals surface area (Å²) in [5, 5.41) is 18.6. The average Bonchev–Trinajstić information content (AvgIpc) is 2.29. The second-order valence-electron chi connectivity index (χ2n) is 4.41. The van der Waals surface area contributed by atoms with E-state index in [2.05, 4.69) is 0 Å². The van der Waals surface area contributed by atoms with Crippen LogP contribution in [-0.2, 0) is 0 Å². The molecule has 1 rings (SSSR count). The van der Waals surface area contributed by atoms with E-state index < -0.39 is 6.10 Å². The highest BCUT2D eigenvalue weighted by Crippen LogP contribution is 2.31. The van der Waals surface area contributed by atoms with Gasteiger partial charge in [0.1, 0.15) is 5.82 Å². The third-order valence-electron chi connectivity index (χ3n) is 2.58. The van der Waals surface area contributed by atoms with Gasteiger partial charge in [-0.2, -0.15) is 0 Å². The number of benzene rings is 1. The lowest BCUT2D eigenvalue weighted by atomic mass is 10.1. The number of aliphatic hydroxyl groups excluding tert-OH is 2. The Morgan fingerprint density at radius 2 is 2.00 bits per heavy atom. The molecule has 0 fully saturated rings. The molecule has 2 N–H and O–H groups in total. The first-order valence-corrected chi connectivity index (χ1v) is 6.66. The molecule has 0 amide bonds. The first kappa shape index (κ1) is 14.5. The molecule has 0 bridgehead atoms. The Bertz CT molecular complexity index is 380. The molecule has 1 unspecified atom stereocenters. The first-order chi connectivity index (χ1) is 7.95. The van der Waals surface area contributed by atoms with Crippen LogP contribution in [0.1, 0.15) is 31.1 Å². The van der Waals surface area contributed by atoms with Crippen molar-refractivity contribution in [3.63, 3.8) is 0 Å². The van der Waals surface area contributed by atoms with Crippen LogP contribution >= 0.6 is 11.8 Å². The summed E-state index contributed by atoms with van der Waals surface area (Å²) in [6, 6.07) is 3.15. The van der Waals surface area contributed by atoms with E-state index in [1.165, 1.54) is 6.07 Å². The van der Waals surface area contributed by atoms with Gasteiger partial charge in [-0.3, -0.25) is 0 Å². The average molecular weight is 258 g/mol. The highest BCUT2D eigenvalue weighted by Gasteiger charge is 2.13. The lowest BCUT2D eigenvalue weighted by Gasteiger charge is -2.15. The molecule has 1 aromatic carbocycles. The predicted octanol–water partition coefficient (Wildman–Crippen LogP) is 2.91. The van der Waals surface area contributed by atoms with E-state index in [4.69, 9.17) is 5.11 Å². The van der Waals surface area contributed by atoms with E-state index in [0.717, 1.165) is 10.6 Å². The largest absolute Gasteiger partial charge is 0.396 e. The van der Waals surface area contributed by atoms with E-state index in [1.807, 2.05) is 6.92 Å². The summed E-state index contributed by atoms with van der Waals surface area (Å²) in [6.07, 6.45) is -0.683. The highest BCUT2D eigenvalue weighted by molar-refractivity contribution is 7.99. The van der Waals surface area contributed by atoms with Crippen LogP contribution in [0.3, 0.4) is 0 Å². The Morgan fingerprint density at radius 1 is 1.35 bits per heavy atom. The fourth-order valence-electron chi connectivity index (χ4n) is 1.41. The zero-order chi connectivity index (χ0) is 13.0. The first-order valence-electron chi connectivity index (χ1n) is 5.67. The number of rotatable bonds is 5. The van der Waals surface area contributed by atoms with Gasteiger partial charge < -0.3 is 10.2 Å². The Morgan fingerprint density at radius 3 is 2.53 bits per heavy atom. The van der Waals surface area contributed by atoms with Gasteiger partial charge in [-0.1, -0.05) is 6.92 Å². The molecule has 0 radical (unpaired) electrons. The zero-order valence-corrected chi connectivity index (χ0v) is 11.2. The molecule has 96 valence electrons. The van der Waals surface area contributed by atoms with Crippen LogP contribution in [0.5, 0.6) is 0 Å². The fourth-order valence-corrected chi connectivity index (χ4v) is 2.63. The molecule has 2 atom stereocenters. The van der Waals surface area contributed by atoms with Crippen LogP contribution in [-0.4, -0.2) is 22.6 Å². The maximum Gasteiger partial charge on any atom is 0.126 e. The number of thioether (sulfide) groups is 1. The van der Waals surface area contributed by atoms with Crippen molar-refractivity contribution >= 4 is 11.8 Å². The van der Waals surface area contributed by atoms with Crippen molar-refractivity contribution < 1.29 is 14.6 Å². The molecule has 0 aliphatic rings. The lowest BCUT2D eigenvalue weighted by molar-refractivity contribution is 0.196. The van der Waals surface area contributed by atoms with Crippen molar-refractivity contribution in [1.82, 2.24) is 0 Å². The maximum atomic E-state index is 13.4. The van der Waals surface area contributed by atoms with Crippen LogP contribution in [0.15, 0.2) is 17.0 Å². The van der Waals surface area contributed by atoms with Gasteiger partial charge in [0.05, 0.1) is 6.10 Å². The summed E-state index contributed by atoms with van der Waals surface area (Å²) >= 11 is 1.54. The highest BCUT2D eigenvalue weighted by atomic mass is 32.2. The van der Waals surface area contributed by atoms with E-state index in [-0.39, 0.29) is 18.3 Å². The molecular weight excluding hydrogens is 239 g/mol. The van der Waals surface area contributed by atoms with Crippen molar-refractivity contribution in [2.45, 2.75) is 31.8 Å². The van der Waals surface area contributed by atoms with E-state index >= 15 is 0 Å².